The molecule has 0 saturated heterocycles. The molecule has 0 bridgehead atoms. The highest BCUT2D eigenvalue weighted by atomic mass is 16.3. The van der Waals surface area contributed by atoms with E-state index in [-0.39, 0.29) is 0 Å². The van der Waals surface area contributed by atoms with Gasteiger partial charge in [-0.2, -0.15) is 0 Å². The zero-order chi connectivity index (χ0) is 12.1. The van der Waals surface area contributed by atoms with Crippen LogP contribution in [0.5, 0.6) is 0 Å². The molecule has 88 valence electrons. The fraction of sp³-hybridized carbons (Fsp3) is 0.154. The number of aromatic nitrogens is 1. The van der Waals surface area contributed by atoms with Gasteiger partial charge in [-0.15, -0.1) is 0 Å². The average Bonchev–Trinajstić information content (AvgIpc) is 2.38. The van der Waals surface area contributed by atoms with E-state index >= 15 is 0 Å². The third-order valence-electron chi connectivity index (χ3n) is 2.45. The zero-order valence-corrected chi connectivity index (χ0v) is 9.38. The van der Waals surface area contributed by atoms with Gasteiger partial charge in [0.1, 0.15) is 6.23 Å². The van der Waals surface area contributed by atoms with Crippen LogP contribution in [0.15, 0.2) is 48.7 Å². The van der Waals surface area contributed by atoms with Crippen molar-refractivity contribution in [3.63, 3.8) is 0 Å². The van der Waals surface area contributed by atoms with Crippen LogP contribution in [0.4, 0.5) is 5.69 Å². The van der Waals surface area contributed by atoms with Crippen LogP contribution in [-0.2, 0) is 6.54 Å². The first kappa shape index (κ1) is 11.6. The van der Waals surface area contributed by atoms with E-state index in [9.17, 15) is 5.11 Å². The smallest absolute Gasteiger partial charge is 0.131 e. The Bertz CT molecular complexity index is 456. The number of aliphatic hydroxyl groups is 1. The zero-order valence-electron chi connectivity index (χ0n) is 9.38. The summed E-state index contributed by atoms with van der Waals surface area (Å²) in [5, 5.41) is 12.9. The van der Waals surface area contributed by atoms with Gasteiger partial charge in [-0.05, 0) is 29.8 Å². The van der Waals surface area contributed by atoms with E-state index in [2.05, 4.69) is 10.3 Å². The van der Waals surface area contributed by atoms with Crippen molar-refractivity contribution in [2.45, 2.75) is 12.8 Å². The largest absolute Gasteiger partial charge is 0.399 e. The fourth-order valence-corrected chi connectivity index (χ4v) is 1.50. The van der Waals surface area contributed by atoms with E-state index in [1.807, 2.05) is 18.2 Å². The topological polar surface area (TPSA) is 71.2 Å². The Labute approximate surface area is 100 Å². The molecule has 4 nitrogen and oxygen atoms in total. The predicted molar refractivity (Wildman–Crippen MR) is 66.9 cm³/mol. The number of nitrogens with one attached hydrogen (secondary N) is 1. The summed E-state index contributed by atoms with van der Waals surface area (Å²) in [6, 6.07) is 12.8. The maximum absolute atomic E-state index is 9.89. The molecule has 0 radical (unpaired) electrons. The molecule has 0 spiro atoms. The van der Waals surface area contributed by atoms with Gasteiger partial charge in [0.15, 0.2) is 0 Å². The number of hydrogen-bond donors (Lipinski definition) is 3. The number of anilines is 1. The molecule has 1 heterocycles. The first-order chi connectivity index (χ1) is 8.25. The van der Waals surface area contributed by atoms with Gasteiger partial charge in [0.05, 0.1) is 5.69 Å². The van der Waals surface area contributed by atoms with Crippen molar-refractivity contribution >= 4 is 5.69 Å². The monoisotopic (exact) mass is 229 g/mol. The molecule has 0 aliphatic heterocycles. The molecule has 2 rings (SSSR count). The van der Waals surface area contributed by atoms with Gasteiger partial charge in [0.25, 0.3) is 0 Å². The molecule has 0 saturated carbocycles. The summed E-state index contributed by atoms with van der Waals surface area (Å²) >= 11 is 0. The van der Waals surface area contributed by atoms with Crippen LogP contribution in [0, 0.1) is 0 Å². The Balaban J connectivity index is 1.93. The maximum Gasteiger partial charge on any atom is 0.131 e. The summed E-state index contributed by atoms with van der Waals surface area (Å²) in [5.74, 6) is 0. The molecule has 4 N–H and O–H groups in total. The van der Waals surface area contributed by atoms with Crippen LogP contribution in [0.2, 0.25) is 0 Å². The van der Waals surface area contributed by atoms with Crippen LogP contribution in [-0.4, -0.2) is 10.1 Å². The molecule has 0 aliphatic rings. The molecular weight excluding hydrogens is 214 g/mol. The first-order valence-electron chi connectivity index (χ1n) is 5.42. The Kier molecular flexibility index (Phi) is 3.69. The first-order valence-corrected chi connectivity index (χ1v) is 5.42. The standard InChI is InChI=1S/C13H15N3O/c14-11-6-4-10(5-7-11)13(17)16-9-12-3-1-2-8-15-12/h1-8,13,16-17H,9,14H2. The highest BCUT2D eigenvalue weighted by Gasteiger charge is 2.06. The van der Waals surface area contributed by atoms with Crippen molar-refractivity contribution < 1.29 is 5.11 Å². The maximum atomic E-state index is 9.89. The number of nitrogens with two attached hydrogens (primary N) is 1. The summed E-state index contributed by atoms with van der Waals surface area (Å²) in [6.07, 6.45) is 1.02. The summed E-state index contributed by atoms with van der Waals surface area (Å²) in [4.78, 5) is 4.16. The lowest BCUT2D eigenvalue weighted by Gasteiger charge is -2.12. The number of hydrogen-bond acceptors (Lipinski definition) is 4. The Morgan fingerprint density at radius 3 is 2.59 bits per heavy atom. The molecule has 1 unspecified atom stereocenters. The van der Waals surface area contributed by atoms with E-state index in [1.54, 1.807) is 30.5 Å². The van der Waals surface area contributed by atoms with Crippen LogP contribution in [0.1, 0.15) is 17.5 Å². The molecule has 1 aromatic carbocycles. The Morgan fingerprint density at radius 1 is 1.18 bits per heavy atom. The SMILES string of the molecule is Nc1ccc(C(O)NCc2ccccn2)cc1. The highest BCUT2D eigenvalue weighted by molar-refractivity contribution is 5.39. The van der Waals surface area contributed by atoms with Crippen molar-refractivity contribution in [1.29, 1.82) is 0 Å². The predicted octanol–water partition coefficient (Wildman–Crippen LogP) is 1.44. The molecule has 4 heteroatoms. The number of nitrogens with zero attached hydrogens (tertiary/aromatic N) is 1. The van der Waals surface area contributed by atoms with Gasteiger partial charge < -0.3 is 10.8 Å². The van der Waals surface area contributed by atoms with E-state index in [0.29, 0.717) is 12.2 Å². The molecule has 17 heavy (non-hydrogen) atoms. The van der Waals surface area contributed by atoms with Gasteiger partial charge in [-0.1, -0.05) is 18.2 Å². The summed E-state index contributed by atoms with van der Waals surface area (Å²) < 4.78 is 0. The highest BCUT2D eigenvalue weighted by Crippen LogP contribution is 2.12. The molecule has 0 aliphatic carbocycles. The van der Waals surface area contributed by atoms with E-state index in [4.69, 9.17) is 5.73 Å². The minimum Gasteiger partial charge on any atom is -0.399 e. The molecule has 1 aromatic heterocycles. The number of rotatable bonds is 4. The normalized spacial score (nSPS) is 12.3. The lowest BCUT2D eigenvalue weighted by Crippen LogP contribution is -2.20. The number of nitrogen functional groups attached to an aromatic ring is 1. The Hall–Kier alpha value is -1.91. The van der Waals surface area contributed by atoms with Crippen LogP contribution >= 0.6 is 0 Å². The summed E-state index contributed by atoms with van der Waals surface area (Å²) in [7, 11) is 0. The van der Waals surface area contributed by atoms with Crippen LogP contribution < -0.4 is 11.1 Å². The molecule has 0 amide bonds. The van der Waals surface area contributed by atoms with E-state index in [0.717, 1.165) is 11.3 Å². The molecule has 0 fully saturated rings. The summed E-state index contributed by atoms with van der Waals surface area (Å²) in [5.41, 5.74) is 7.94. The second kappa shape index (κ2) is 5.43. The minimum absolute atomic E-state index is 0.520. The molecule has 2 aromatic rings. The van der Waals surface area contributed by atoms with Gasteiger partial charge in [-0.3, -0.25) is 10.3 Å². The van der Waals surface area contributed by atoms with E-state index in [1.165, 1.54) is 0 Å². The average molecular weight is 229 g/mol. The van der Waals surface area contributed by atoms with E-state index < -0.39 is 6.23 Å². The third-order valence-corrected chi connectivity index (χ3v) is 2.45. The van der Waals surface area contributed by atoms with Crippen LogP contribution in [0.25, 0.3) is 0 Å². The van der Waals surface area contributed by atoms with Gasteiger partial charge in [-0.25, -0.2) is 0 Å². The van der Waals surface area contributed by atoms with Crippen molar-refractivity contribution in [1.82, 2.24) is 10.3 Å². The van der Waals surface area contributed by atoms with Crippen molar-refractivity contribution in [3.05, 3.63) is 59.9 Å². The third kappa shape index (κ3) is 3.27. The summed E-state index contributed by atoms with van der Waals surface area (Å²) in [6.45, 7) is 0.520. The van der Waals surface area contributed by atoms with Crippen LogP contribution in [0.3, 0.4) is 0 Å². The van der Waals surface area contributed by atoms with Gasteiger partial charge in [0, 0.05) is 18.4 Å². The van der Waals surface area contributed by atoms with Crippen molar-refractivity contribution in [2.75, 3.05) is 5.73 Å². The lowest BCUT2D eigenvalue weighted by molar-refractivity contribution is 0.136. The number of pyridine rings is 1. The van der Waals surface area contributed by atoms with Crippen molar-refractivity contribution in [2.24, 2.45) is 0 Å². The number of aliphatic hydroxyl groups excluding tert-OH is 1. The second-order valence-electron chi connectivity index (χ2n) is 3.77. The molecular formula is C13H15N3O. The minimum atomic E-state index is -0.711. The second-order valence-corrected chi connectivity index (χ2v) is 3.77. The van der Waals surface area contributed by atoms with Crippen molar-refractivity contribution in [3.8, 4) is 0 Å². The van der Waals surface area contributed by atoms with Gasteiger partial charge >= 0.3 is 0 Å². The molecule has 1 atom stereocenters. The number of benzene rings is 1. The van der Waals surface area contributed by atoms with Gasteiger partial charge in [0.2, 0.25) is 0 Å². The quantitative estimate of drug-likeness (QED) is 0.548. The fourth-order valence-electron chi connectivity index (χ4n) is 1.50. The Morgan fingerprint density at radius 2 is 1.94 bits per heavy atom. The lowest BCUT2D eigenvalue weighted by atomic mass is 10.2.